The Labute approximate surface area is 422 Å². The Morgan fingerprint density at radius 2 is 0.662 bits per heavy atom. The molecule has 2 saturated heterocycles. The van der Waals surface area contributed by atoms with Crippen LogP contribution in [-0.4, -0.2) is 74.2 Å². The molecule has 1 saturated carbocycles. The highest BCUT2D eigenvalue weighted by molar-refractivity contribution is 7.96. The van der Waals surface area contributed by atoms with Crippen molar-refractivity contribution in [2.75, 3.05) is 17.2 Å². The number of ether oxygens (including phenoxy) is 4. The minimum atomic E-state index is -4.70. The summed E-state index contributed by atoms with van der Waals surface area (Å²) in [5.41, 5.74) is -1.78. The second-order valence-electron chi connectivity index (χ2n) is 16.5. The molecule has 4 aromatic rings. The average molecular weight is 1040 g/mol. The summed E-state index contributed by atoms with van der Waals surface area (Å²) < 4.78 is 79.5. The maximum absolute atomic E-state index is 13.7. The van der Waals surface area contributed by atoms with E-state index in [0.717, 1.165) is 24.3 Å². The van der Waals surface area contributed by atoms with Gasteiger partial charge in [-0.15, -0.1) is 0 Å². The van der Waals surface area contributed by atoms with Gasteiger partial charge >= 0.3 is 32.4 Å². The summed E-state index contributed by atoms with van der Waals surface area (Å²) in [6, 6.07) is 30.0. The summed E-state index contributed by atoms with van der Waals surface area (Å²) in [6.45, 7) is 0. The molecule has 1 aliphatic carbocycles. The third-order valence-corrected chi connectivity index (χ3v) is 15.2. The quantitative estimate of drug-likeness (QED) is 0.0757. The molecule has 0 unspecified atom stereocenters. The molecular weight excluding hydrogens is 1000 g/mol. The summed E-state index contributed by atoms with van der Waals surface area (Å²) in [6.07, 6.45) is 11.5. The lowest BCUT2D eigenvalue weighted by Gasteiger charge is -2.46. The van der Waals surface area contributed by atoms with Gasteiger partial charge in [-0.05, 0) is 72.8 Å². The highest BCUT2D eigenvalue weighted by atomic mass is 32.2. The van der Waals surface area contributed by atoms with Crippen LogP contribution in [-0.2, 0) is 68.1 Å². The Bertz CT molecular complexity index is 3100. The van der Waals surface area contributed by atoms with E-state index in [-0.39, 0.29) is 48.4 Å². The van der Waals surface area contributed by atoms with Crippen molar-refractivity contribution in [2.24, 2.45) is 0 Å². The molecule has 2 spiro atoms. The highest BCUT2D eigenvalue weighted by Crippen LogP contribution is 2.46. The SMILES string of the molecule is O=C1OC2(CCC3(CC2)OC(=O)C(/C=C/C=C/C=C2C(=O)N(c4ccccc4)S(=O)(=O)N(c4ccccc4)C2=O)=C(O)O3)OC(O)=C1C=CC=CC=C1C(=O)N(c2ccccc2)S(=O)(=O)N(c2ccccc2)C1=O. The Kier molecular flexibility index (Phi) is 13.2. The molecule has 0 atom stereocenters. The second kappa shape index (κ2) is 19.7. The molecule has 4 heterocycles. The van der Waals surface area contributed by atoms with Crippen LogP contribution in [0.1, 0.15) is 25.7 Å². The van der Waals surface area contributed by atoms with E-state index >= 15 is 0 Å². The zero-order chi connectivity index (χ0) is 52.4. The molecule has 0 radical (unpaired) electrons. The summed E-state index contributed by atoms with van der Waals surface area (Å²) in [5.74, 6) is -11.4. The lowest BCUT2D eigenvalue weighted by molar-refractivity contribution is -0.302. The fourth-order valence-electron chi connectivity index (χ4n) is 8.30. The standard InChI is InChI=1S/C52H40N4O16S2/c57-43-39(44(58)54(36-21-9-2-10-22-36)73(65,66)53(43)35-19-7-1-8-20-35)27-15-5-17-29-41-47(61)69-51(70-48(41)62)31-33-52(34-32-51)71-49(63)42(50(64)72-52)30-18-6-16-28-40-45(59)55(37-23-11-3-12-24-37)74(67,68)56(46(40)60)38-25-13-4-14-26-38/h1-30,61,63H,31-34H2/b15-5+,16-6?,29-17+,30-18?. The summed E-state index contributed by atoms with van der Waals surface area (Å²) >= 11 is 0. The highest BCUT2D eigenvalue weighted by Gasteiger charge is 2.55. The maximum Gasteiger partial charge on any atom is 0.348 e. The molecule has 0 bridgehead atoms. The van der Waals surface area contributed by atoms with E-state index < -0.39 is 102 Å². The predicted molar refractivity (Wildman–Crippen MR) is 264 cm³/mol. The first-order valence-corrected chi connectivity index (χ1v) is 25.2. The van der Waals surface area contributed by atoms with Crippen molar-refractivity contribution in [1.82, 2.24) is 0 Å². The summed E-state index contributed by atoms with van der Waals surface area (Å²) in [5, 5.41) is 21.7. The van der Waals surface area contributed by atoms with Gasteiger partial charge in [-0.25, -0.2) is 9.59 Å². The van der Waals surface area contributed by atoms with Crippen molar-refractivity contribution < 1.29 is 74.8 Å². The number of benzene rings is 4. The van der Waals surface area contributed by atoms with Crippen molar-refractivity contribution >= 4 is 78.7 Å². The van der Waals surface area contributed by atoms with Crippen LogP contribution in [0.4, 0.5) is 22.7 Å². The van der Waals surface area contributed by atoms with Gasteiger partial charge < -0.3 is 29.2 Å². The van der Waals surface area contributed by atoms with Gasteiger partial charge in [0.1, 0.15) is 22.3 Å². The van der Waals surface area contributed by atoms with Gasteiger partial charge in [0.25, 0.3) is 47.1 Å². The van der Waals surface area contributed by atoms with Gasteiger partial charge in [0.05, 0.1) is 22.7 Å². The van der Waals surface area contributed by atoms with Gasteiger partial charge in [-0.1, -0.05) is 109 Å². The number of aliphatic hydroxyl groups excluding tert-OH is 2. The number of hydrogen-bond donors (Lipinski definition) is 2. The zero-order valence-corrected chi connectivity index (χ0v) is 40.0. The topological polar surface area (TPSA) is 261 Å². The number of allylic oxidation sites excluding steroid dienone is 8. The van der Waals surface area contributed by atoms with Crippen molar-refractivity contribution in [3.05, 3.63) is 216 Å². The predicted octanol–water partition coefficient (Wildman–Crippen LogP) is 6.37. The number of esters is 2. The molecule has 0 aromatic heterocycles. The molecule has 3 fully saturated rings. The van der Waals surface area contributed by atoms with Crippen molar-refractivity contribution in [3.63, 3.8) is 0 Å². The van der Waals surface area contributed by atoms with E-state index in [1.807, 2.05) is 0 Å². The van der Waals surface area contributed by atoms with E-state index in [1.165, 1.54) is 134 Å². The molecule has 74 heavy (non-hydrogen) atoms. The molecule has 22 heteroatoms. The van der Waals surface area contributed by atoms with Crippen LogP contribution >= 0.6 is 0 Å². The number of anilines is 4. The van der Waals surface area contributed by atoms with Crippen molar-refractivity contribution in [3.8, 4) is 0 Å². The van der Waals surface area contributed by atoms with E-state index in [9.17, 15) is 55.8 Å². The minimum absolute atomic E-state index is 0.000757. The van der Waals surface area contributed by atoms with Gasteiger partial charge in [-0.3, -0.25) is 19.2 Å². The number of rotatable bonds is 10. The van der Waals surface area contributed by atoms with E-state index in [0.29, 0.717) is 17.2 Å². The molecule has 4 aromatic carbocycles. The molecule has 5 aliphatic rings. The van der Waals surface area contributed by atoms with E-state index in [1.54, 1.807) is 24.3 Å². The van der Waals surface area contributed by atoms with E-state index in [2.05, 4.69) is 0 Å². The first kappa shape index (κ1) is 49.7. The minimum Gasteiger partial charge on any atom is -0.480 e. The largest absolute Gasteiger partial charge is 0.480 e. The van der Waals surface area contributed by atoms with Crippen molar-refractivity contribution in [1.29, 1.82) is 0 Å². The van der Waals surface area contributed by atoms with Crippen molar-refractivity contribution in [2.45, 2.75) is 37.3 Å². The second-order valence-corrected chi connectivity index (χ2v) is 19.8. The fourth-order valence-corrected chi connectivity index (χ4v) is 11.4. The van der Waals surface area contributed by atoms with Crippen LogP contribution in [0.5, 0.6) is 0 Å². The first-order valence-electron chi connectivity index (χ1n) is 22.4. The lowest BCUT2D eigenvalue weighted by Crippen LogP contribution is -2.57. The Morgan fingerprint density at radius 1 is 0.392 bits per heavy atom. The molecule has 4 amide bonds. The van der Waals surface area contributed by atoms with Gasteiger partial charge in [0.2, 0.25) is 0 Å². The number of aliphatic hydroxyl groups is 2. The summed E-state index contributed by atoms with van der Waals surface area (Å²) in [4.78, 5) is 80.9. The Hall–Kier alpha value is -9.28. The van der Waals surface area contributed by atoms with Crippen LogP contribution in [0, 0.1) is 0 Å². The third kappa shape index (κ3) is 9.25. The van der Waals surface area contributed by atoms with Gasteiger partial charge in [-0.2, -0.15) is 34.1 Å². The third-order valence-electron chi connectivity index (χ3n) is 11.8. The summed E-state index contributed by atoms with van der Waals surface area (Å²) in [7, 11) is -9.41. The zero-order valence-electron chi connectivity index (χ0n) is 38.4. The fraction of sp³-hybridized carbons (Fsp3) is 0.115. The number of para-hydroxylation sites is 4. The molecule has 4 aliphatic heterocycles. The van der Waals surface area contributed by atoms with Crippen LogP contribution in [0.3, 0.4) is 0 Å². The number of nitrogens with zero attached hydrogens (tertiary/aromatic N) is 4. The number of amides is 4. The molecular formula is C52H40N4O16S2. The Morgan fingerprint density at radius 3 is 0.919 bits per heavy atom. The number of carbonyl (C=O) groups excluding carboxylic acids is 6. The van der Waals surface area contributed by atoms with Gasteiger partial charge in [0, 0.05) is 25.7 Å². The normalized spacial score (nSPS) is 20.5. The smallest absolute Gasteiger partial charge is 0.348 e. The number of carbonyl (C=O) groups is 6. The number of hydrogen-bond acceptors (Lipinski definition) is 16. The van der Waals surface area contributed by atoms with Crippen LogP contribution in [0.2, 0.25) is 0 Å². The van der Waals surface area contributed by atoms with E-state index in [4.69, 9.17) is 18.9 Å². The van der Waals surface area contributed by atoms with Crippen LogP contribution in [0.25, 0.3) is 0 Å². The maximum atomic E-state index is 13.7. The van der Waals surface area contributed by atoms with Gasteiger partial charge in [0.15, 0.2) is 0 Å². The monoisotopic (exact) mass is 1040 g/mol. The first-order chi connectivity index (χ1) is 35.5. The molecule has 20 nitrogen and oxygen atoms in total. The average Bonchev–Trinajstić information content (AvgIpc) is 3.37. The van der Waals surface area contributed by atoms with Crippen LogP contribution in [0.15, 0.2) is 216 Å². The van der Waals surface area contributed by atoms with Crippen LogP contribution < -0.4 is 17.2 Å². The molecule has 376 valence electrons. The Balaban J connectivity index is 0.845. The molecule has 2 N–H and O–H groups in total. The lowest BCUT2D eigenvalue weighted by atomic mass is 9.87. The molecule has 9 rings (SSSR count).